The molecular formula is C12H16BrClO. The second-order valence-electron chi connectivity index (χ2n) is 3.42. The number of hydrogen-bond acceptors (Lipinski definition) is 1. The van der Waals surface area contributed by atoms with Gasteiger partial charge in [-0.2, -0.15) is 0 Å². The van der Waals surface area contributed by atoms with Crippen molar-refractivity contribution >= 4 is 27.5 Å². The SMILES string of the molecule is CCCCCOc1c(Br)cccc1CCl. The summed E-state index contributed by atoms with van der Waals surface area (Å²) in [5.41, 5.74) is 1.04. The Hall–Kier alpha value is -0.210. The Morgan fingerprint density at radius 3 is 2.80 bits per heavy atom. The maximum Gasteiger partial charge on any atom is 0.137 e. The molecule has 0 saturated carbocycles. The fourth-order valence-electron chi connectivity index (χ4n) is 1.35. The van der Waals surface area contributed by atoms with Crippen LogP contribution in [0.3, 0.4) is 0 Å². The van der Waals surface area contributed by atoms with Crippen LogP contribution in [0.1, 0.15) is 31.7 Å². The van der Waals surface area contributed by atoms with E-state index in [1.165, 1.54) is 12.8 Å². The normalized spacial score (nSPS) is 10.3. The van der Waals surface area contributed by atoms with Gasteiger partial charge in [0.2, 0.25) is 0 Å². The van der Waals surface area contributed by atoms with Crippen molar-refractivity contribution in [2.75, 3.05) is 6.61 Å². The third-order valence-electron chi connectivity index (χ3n) is 2.19. The lowest BCUT2D eigenvalue weighted by Gasteiger charge is -2.11. The minimum Gasteiger partial charge on any atom is -0.492 e. The van der Waals surface area contributed by atoms with E-state index in [9.17, 15) is 0 Å². The molecule has 0 unspecified atom stereocenters. The summed E-state index contributed by atoms with van der Waals surface area (Å²) in [5, 5.41) is 0. The molecule has 84 valence electrons. The van der Waals surface area contributed by atoms with E-state index < -0.39 is 0 Å². The minimum atomic E-state index is 0.489. The molecular weight excluding hydrogens is 275 g/mol. The number of para-hydroxylation sites is 1. The van der Waals surface area contributed by atoms with E-state index in [1.54, 1.807) is 0 Å². The quantitative estimate of drug-likeness (QED) is 0.542. The molecule has 1 aromatic carbocycles. The van der Waals surface area contributed by atoms with Gasteiger partial charge in [-0.1, -0.05) is 31.9 Å². The Morgan fingerprint density at radius 2 is 2.13 bits per heavy atom. The Balaban J connectivity index is 2.58. The van der Waals surface area contributed by atoms with Gasteiger partial charge in [-0.15, -0.1) is 11.6 Å². The number of rotatable bonds is 6. The van der Waals surface area contributed by atoms with E-state index >= 15 is 0 Å². The highest BCUT2D eigenvalue weighted by Crippen LogP contribution is 2.30. The maximum absolute atomic E-state index is 5.84. The largest absolute Gasteiger partial charge is 0.492 e. The maximum atomic E-state index is 5.84. The lowest BCUT2D eigenvalue weighted by Crippen LogP contribution is -2.00. The zero-order chi connectivity index (χ0) is 11.1. The lowest BCUT2D eigenvalue weighted by atomic mass is 10.2. The van der Waals surface area contributed by atoms with Crippen molar-refractivity contribution in [1.29, 1.82) is 0 Å². The standard InChI is InChI=1S/C12H16BrClO/c1-2-3-4-8-15-12-10(9-14)6-5-7-11(12)13/h5-7H,2-4,8-9H2,1H3. The zero-order valence-electron chi connectivity index (χ0n) is 8.93. The van der Waals surface area contributed by atoms with Crippen molar-refractivity contribution in [2.24, 2.45) is 0 Å². The van der Waals surface area contributed by atoms with Gasteiger partial charge in [-0.3, -0.25) is 0 Å². The average Bonchev–Trinajstić information content (AvgIpc) is 2.26. The number of unbranched alkanes of at least 4 members (excludes halogenated alkanes) is 2. The van der Waals surface area contributed by atoms with E-state index in [1.807, 2.05) is 18.2 Å². The van der Waals surface area contributed by atoms with Crippen LogP contribution in [0.4, 0.5) is 0 Å². The first-order valence-electron chi connectivity index (χ1n) is 5.25. The molecule has 0 atom stereocenters. The molecule has 0 aliphatic heterocycles. The first-order chi connectivity index (χ1) is 7.29. The highest BCUT2D eigenvalue weighted by molar-refractivity contribution is 9.10. The first kappa shape index (κ1) is 12.9. The second-order valence-corrected chi connectivity index (χ2v) is 4.54. The Bertz CT molecular complexity index is 302. The third-order valence-corrected chi connectivity index (χ3v) is 3.10. The summed E-state index contributed by atoms with van der Waals surface area (Å²) in [6, 6.07) is 5.94. The summed E-state index contributed by atoms with van der Waals surface area (Å²) in [6.45, 7) is 2.95. The predicted molar refractivity (Wildman–Crippen MR) is 68.7 cm³/mol. The molecule has 1 nitrogen and oxygen atoms in total. The molecule has 0 radical (unpaired) electrons. The molecule has 0 aliphatic carbocycles. The van der Waals surface area contributed by atoms with Gasteiger partial charge in [0, 0.05) is 5.56 Å². The smallest absolute Gasteiger partial charge is 0.137 e. The van der Waals surface area contributed by atoms with E-state index in [0.29, 0.717) is 5.88 Å². The molecule has 0 amide bonds. The van der Waals surface area contributed by atoms with Gasteiger partial charge in [0.25, 0.3) is 0 Å². The van der Waals surface area contributed by atoms with Crippen LogP contribution in [0.25, 0.3) is 0 Å². The van der Waals surface area contributed by atoms with Crippen molar-refractivity contribution in [3.8, 4) is 5.75 Å². The van der Waals surface area contributed by atoms with Crippen LogP contribution in [0.5, 0.6) is 5.75 Å². The summed E-state index contributed by atoms with van der Waals surface area (Å²) < 4.78 is 6.71. The average molecular weight is 292 g/mol. The topological polar surface area (TPSA) is 9.23 Å². The van der Waals surface area contributed by atoms with Crippen molar-refractivity contribution in [1.82, 2.24) is 0 Å². The van der Waals surface area contributed by atoms with Gasteiger partial charge >= 0.3 is 0 Å². The van der Waals surface area contributed by atoms with Gasteiger partial charge in [-0.25, -0.2) is 0 Å². The van der Waals surface area contributed by atoms with Crippen molar-refractivity contribution in [2.45, 2.75) is 32.1 Å². The summed E-state index contributed by atoms with van der Waals surface area (Å²) in [5.74, 6) is 1.38. The van der Waals surface area contributed by atoms with Gasteiger partial charge in [-0.05, 0) is 28.4 Å². The molecule has 1 aromatic rings. The molecule has 0 bridgehead atoms. The van der Waals surface area contributed by atoms with E-state index in [2.05, 4.69) is 22.9 Å². The molecule has 0 spiro atoms. The molecule has 0 N–H and O–H groups in total. The summed E-state index contributed by atoms with van der Waals surface area (Å²) in [6.07, 6.45) is 3.52. The van der Waals surface area contributed by atoms with Gasteiger partial charge in [0.15, 0.2) is 0 Å². The highest BCUT2D eigenvalue weighted by atomic mass is 79.9. The highest BCUT2D eigenvalue weighted by Gasteiger charge is 2.06. The third kappa shape index (κ3) is 4.04. The number of hydrogen-bond donors (Lipinski definition) is 0. The van der Waals surface area contributed by atoms with Crippen LogP contribution in [-0.2, 0) is 5.88 Å². The molecule has 0 fully saturated rings. The first-order valence-corrected chi connectivity index (χ1v) is 6.58. The number of halogens is 2. The van der Waals surface area contributed by atoms with Gasteiger partial charge in [0.05, 0.1) is 17.0 Å². The van der Waals surface area contributed by atoms with Gasteiger partial charge < -0.3 is 4.74 Å². The second kappa shape index (κ2) is 7.13. The summed E-state index contributed by atoms with van der Waals surface area (Å²) in [7, 11) is 0. The van der Waals surface area contributed by atoms with E-state index in [4.69, 9.17) is 16.3 Å². The molecule has 3 heteroatoms. The van der Waals surface area contributed by atoms with Crippen LogP contribution in [0, 0.1) is 0 Å². The fourth-order valence-corrected chi connectivity index (χ4v) is 2.08. The van der Waals surface area contributed by atoms with Gasteiger partial charge in [0.1, 0.15) is 5.75 Å². The lowest BCUT2D eigenvalue weighted by molar-refractivity contribution is 0.302. The molecule has 0 aliphatic rings. The fraction of sp³-hybridized carbons (Fsp3) is 0.500. The molecule has 0 aromatic heterocycles. The molecule has 0 heterocycles. The zero-order valence-corrected chi connectivity index (χ0v) is 11.3. The monoisotopic (exact) mass is 290 g/mol. The number of ether oxygens (including phenoxy) is 1. The van der Waals surface area contributed by atoms with Crippen LogP contribution in [-0.4, -0.2) is 6.61 Å². The molecule has 15 heavy (non-hydrogen) atoms. The minimum absolute atomic E-state index is 0.489. The van der Waals surface area contributed by atoms with Crippen LogP contribution < -0.4 is 4.74 Å². The van der Waals surface area contributed by atoms with Crippen LogP contribution in [0.2, 0.25) is 0 Å². The summed E-state index contributed by atoms with van der Waals surface area (Å²) >= 11 is 9.32. The Labute approximate surface area is 105 Å². The Kier molecular flexibility index (Phi) is 6.11. The van der Waals surface area contributed by atoms with E-state index in [0.717, 1.165) is 28.8 Å². The van der Waals surface area contributed by atoms with E-state index in [-0.39, 0.29) is 0 Å². The Morgan fingerprint density at radius 1 is 1.33 bits per heavy atom. The molecule has 0 saturated heterocycles. The van der Waals surface area contributed by atoms with Crippen molar-refractivity contribution in [3.63, 3.8) is 0 Å². The number of benzene rings is 1. The molecule has 1 rings (SSSR count). The number of alkyl halides is 1. The van der Waals surface area contributed by atoms with Crippen molar-refractivity contribution < 1.29 is 4.74 Å². The predicted octanol–water partition coefficient (Wildman–Crippen LogP) is 4.76. The van der Waals surface area contributed by atoms with Crippen molar-refractivity contribution in [3.05, 3.63) is 28.2 Å². The summed E-state index contributed by atoms with van der Waals surface area (Å²) in [4.78, 5) is 0. The van der Waals surface area contributed by atoms with Crippen LogP contribution >= 0.6 is 27.5 Å². The van der Waals surface area contributed by atoms with Crippen LogP contribution in [0.15, 0.2) is 22.7 Å².